The summed E-state index contributed by atoms with van der Waals surface area (Å²) in [7, 11) is 0. The molecule has 2 atom stereocenters. The zero-order valence-corrected chi connectivity index (χ0v) is 10.00. The van der Waals surface area contributed by atoms with Crippen LogP contribution in [0.25, 0.3) is 0 Å². The second kappa shape index (κ2) is 4.31. The van der Waals surface area contributed by atoms with Crippen LogP contribution in [0.3, 0.4) is 0 Å². The normalized spacial score (nSPS) is 26.7. The van der Waals surface area contributed by atoms with E-state index in [1.54, 1.807) is 0 Å². The van der Waals surface area contributed by atoms with Gasteiger partial charge in [0, 0.05) is 29.8 Å². The van der Waals surface area contributed by atoms with Crippen molar-refractivity contribution in [2.24, 2.45) is 0 Å². The maximum Gasteiger partial charge on any atom is 0.151 e. The fraction of sp³-hybridized carbons (Fsp3) is 0.545. The van der Waals surface area contributed by atoms with Gasteiger partial charge in [-0.1, -0.05) is 13.8 Å². The average molecular weight is 223 g/mol. The summed E-state index contributed by atoms with van der Waals surface area (Å²) in [5.41, 5.74) is 6.71. The Morgan fingerprint density at radius 1 is 1.40 bits per heavy atom. The fourth-order valence-electron chi connectivity index (χ4n) is 2.02. The molecule has 3 nitrogen and oxygen atoms in total. The largest absolute Gasteiger partial charge is 0.396 e. The first kappa shape index (κ1) is 10.6. The zero-order valence-electron chi connectivity index (χ0n) is 9.18. The summed E-state index contributed by atoms with van der Waals surface area (Å²) in [5.74, 6) is 0.941. The number of pyridine rings is 1. The van der Waals surface area contributed by atoms with Crippen molar-refractivity contribution < 1.29 is 0 Å². The maximum atomic E-state index is 5.93. The Morgan fingerprint density at radius 2 is 2.07 bits per heavy atom. The van der Waals surface area contributed by atoms with Crippen LogP contribution in [0.5, 0.6) is 0 Å². The second-order valence-corrected chi connectivity index (χ2v) is 5.96. The highest BCUT2D eigenvalue weighted by Gasteiger charge is 2.23. The van der Waals surface area contributed by atoms with Crippen LogP contribution in [0.1, 0.15) is 13.8 Å². The third kappa shape index (κ3) is 2.37. The molecule has 1 aliphatic rings. The number of anilines is 2. The molecule has 1 aliphatic heterocycles. The van der Waals surface area contributed by atoms with Crippen molar-refractivity contribution in [3.63, 3.8) is 0 Å². The number of rotatable bonds is 1. The van der Waals surface area contributed by atoms with Crippen molar-refractivity contribution in [1.29, 1.82) is 0 Å². The molecule has 0 saturated carbocycles. The van der Waals surface area contributed by atoms with Gasteiger partial charge in [0.2, 0.25) is 0 Å². The lowest BCUT2D eigenvalue weighted by Gasteiger charge is -2.35. The molecule has 0 aromatic carbocycles. The first-order valence-electron chi connectivity index (χ1n) is 5.27. The van der Waals surface area contributed by atoms with Crippen molar-refractivity contribution in [1.82, 2.24) is 4.98 Å². The van der Waals surface area contributed by atoms with Crippen molar-refractivity contribution >= 4 is 23.3 Å². The molecule has 82 valence electrons. The van der Waals surface area contributed by atoms with Crippen LogP contribution >= 0.6 is 11.8 Å². The van der Waals surface area contributed by atoms with Crippen molar-refractivity contribution in [3.8, 4) is 0 Å². The number of nitrogen functional groups attached to an aromatic ring is 1. The van der Waals surface area contributed by atoms with Gasteiger partial charge in [0.05, 0.1) is 5.69 Å². The molecule has 2 heterocycles. The van der Waals surface area contributed by atoms with Crippen LogP contribution in [0.4, 0.5) is 11.5 Å². The van der Waals surface area contributed by atoms with Gasteiger partial charge in [-0.15, -0.1) is 0 Å². The molecule has 0 amide bonds. The molecule has 2 N–H and O–H groups in total. The average Bonchev–Trinajstić information content (AvgIpc) is 2.16. The van der Waals surface area contributed by atoms with E-state index < -0.39 is 0 Å². The number of aromatic nitrogens is 1. The van der Waals surface area contributed by atoms with Gasteiger partial charge in [0.15, 0.2) is 5.82 Å². The van der Waals surface area contributed by atoms with Gasteiger partial charge in [-0.3, -0.25) is 0 Å². The number of hydrogen-bond donors (Lipinski definition) is 1. The Morgan fingerprint density at radius 3 is 2.67 bits per heavy atom. The smallest absolute Gasteiger partial charge is 0.151 e. The molecule has 2 unspecified atom stereocenters. The summed E-state index contributed by atoms with van der Waals surface area (Å²) in [5, 5.41) is 1.30. The van der Waals surface area contributed by atoms with E-state index in [-0.39, 0.29) is 0 Å². The molecule has 0 spiro atoms. The first-order chi connectivity index (χ1) is 7.16. The molecule has 2 rings (SSSR count). The Balaban J connectivity index is 2.20. The minimum Gasteiger partial charge on any atom is -0.396 e. The van der Waals surface area contributed by atoms with E-state index in [0.29, 0.717) is 10.5 Å². The van der Waals surface area contributed by atoms with Crippen LogP contribution in [-0.4, -0.2) is 28.6 Å². The molecule has 0 aliphatic carbocycles. The number of nitrogens with two attached hydrogens (primary N) is 1. The van der Waals surface area contributed by atoms with Gasteiger partial charge < -0.3 is 10.6 Å². The van der Waals surface area contributed by atoms with Gasteiger partial charge in [0.1, 0.15) is 0 Å². The summed E-state index contributed by atoms with van der Waals surface area (Å²) in [4.78, 5) is 6.66. The first-order valence-corrected chi connectivity index (χ1v) is 6.22. The van der Waals surface area contributed by atoms with Crippen LogP contribution in [0.2, 0.25) is 0 Å². The van der Waals surface area contributed by atoms with Crippen LogP contribution in [0.15, 0.2) is 18.3 Å². The van der Waals surface area contributed by atoms with E-state index in [1.165, 1.54) is 0 Å². The highest BCUT2D eigenvalue weighted by Crippen LogP contribution is 2.29. The summed E-state index contributed by atoms with van der Waals surface area (Å²) in [6.07, 6.45) is 1.81. The lowest BCUT2D eigenvalue weighted by molar-refractivity contribution is 0.720. The Kier molecular flexibility index (Phi) is 3.05. The molecule has 4 heteroatoms. The monoisotopic (exact) mass is 223 g/mol. The summed E-state index contributed by atoms with van der Waals surface area (Å²) < 4.78 is 0. The molecule has 0 radical (unpaired) electrons. The molecule has 1 aromatic heterocycles. The van der Waals surface area contributed by atoms with E-state index in [0.717, 1.165) is 24.6 Å². The molecular weight excluding hydrogens is 206 g/mol. The van der Waals surface area contributed by atoms with E-state index in [2.05, 4.69) is 23.7 Å². The quantitative estimate of drug-likeness (QED) is 0.790. The topological polar surface area (TPSA) is 42.2 Å². The highest BCUT2D eigenvalue weighted by molar-refractivity contribution is 8.00. The van der Waals surface area contributed by atoms with Crippen LogP contribution < -0.4 is 10.6 Å². The summed E-state index contributed by atoms with van der Waals surface area (Å²) in [6, 6.07) is 3.80. The predicted octanol–water partition coefficient (Wildman–Crippen LogP) is 1.99. The lowest BCUT2D eigenvalue weighted by atomic mass is 10.3. The van der Waals surface area contributed by atoms with Crippen molar-refractivity contribution in [2.75, 3.05) is 23.7 Å². The SMILES string of the molecule is CC1CN(c2ncccc2N)CC(C)S1. The Hall–Kier alpha value is -0.900. The van der Waals surface area contributed by atoms with E-state index in [1.807, 2.05) is 30.1 Å². The summed E-state index contributed by atoms with van der Waals surface area (Å²) >= 11 is 2.04. The predicted molar refractivity (Wildman–Crippen MR) is 67.4 cm³/mol. The lowest BCUT2D eigenvalue weighted by Crippen LogP contribution is -2.41. The standard InChI is InChI=1S/C11H17N3S/c1-8-6-14(7-9(2)15-8)11-10(12)4-3-5-13-11/h3-5,8-9H,6-7,12H2,1-2H3. The van der Waals surface area contributed by atoms with Crippen molar-refractivity contribution in [2.45, 2.75) is 24.3 Å². The molecular formula is C11H17N3S. The fourth-order valence-corrected chi connectivity index (χ4v) is 3.35. The molecule has 1 aromatic rings. The van der Waals surface area contributed by atoms with Gasteiger partial charge in [-0.25, -0.2) is 4.98 Å². The molecule has 1 saturated heterocycles. The molecule has 1 fully saturated rings. The van der Waals surface area contributed by atoms with E-state index in [4.69, 9.17) is 5.73 Å². The third-order valence-electron chi connectivity index (χ3n) is 2.54. The molecule has 0 bridgehead atoms. The Bertz CT molecular complexity index is 332. The minimum atomic E-state index is 0.648. The highest BCUT2D eigenvalue weighted by atomic mass is 32.2. The van der Waals surface area contributed by atoms with Gasteiger partial charge >= 0.3 is 0 Å². The number of thioether (sulfide) groups is 1. The number of nitrogens with zero attached hydrogens (tertiary/aromatic N) is 2. The van der Waals surface area contributed by atoms with Gasteiger partial charge in [0.25, 0.3) is 0 Å². The maximum absolute atomic E-state index is 5.93. The van der Waals surface area contributed by atoms with Crippen LogP contribution in [0, 0.1) is 0 Å². The second-order valence-electron chi connectivity index (χ2n) is 4.08. The minimum absolute atomic E-state index is 0.648. The van der Waals surface area contributed by atoms with Crippen LogP contribution in [-0.2, 0) is 0 Å². The van der Waals surface area contributed by atoms with E-state index >= 15 is 0 Å². The zero-order chi connectivity index (χ0) is 10.8. The third-order valence-corrected chi connectivity index (χ3v) is 3.76. The molecule has 15 heavy (non-hydrogen) atoms. The van der Waals surface area contributed by atoms with Gasteiger partial charge in [-0.2, -0.15) is 11.8 Å². The van der Waals surface area contributed by atoms with E-state index in [9.17, 15) is 0 Å². The summed E-state index contributed by atoms with van der Waals surface area (Å²) in [6.45, 7) is 6.59. The Labute approximate surface area is 95.1 Å². The number of hydrogen-bond acceptors (Lipinski definition) is 4. The van der Waals surface area contributed by atoms with Crippen molar-refractivity contribution in [3.05, 3.63) is 18.3 Å². The van der Waals surface area contributed by atoms with Gasteiger partial charge in [-0.05, 0) is 12.1 Å².